The largest absolute Gasteiger partial charge is 0.422 e. The van der Waals surface area contributed by atoms with Crippen molar-refractivity contribution in [2.45, 2.75) is 0 Å². The van der Waals surface area contributed by atoms with Crippen LogP contribution < -0.4 is 9.40 Å². The van der Waals surface area contributed by atoms with Gasteiger partial charge in [0.2, 0.25) is 0 Å². The van der Waals surface area contributed by atoms with Crippen LogP contribution in [0.25, 0.3) is 5.41 Å². The van der Waals surface area contributed by atoms with Crippen LogP contribution in [0.2, 0.25) is 0 Å². The minimum absolute atomic E-state index is 0.536. The number of aromatic nitrogens is 2. The van der Waals surface area contributed by atoms with Crippen molar-refractivity contribution in [1.29, 1.82) is 5.26 Å². The third kappa shape index (κ3) is 6.75. The molecule has 6 nitrogen and oxygen atoms in total. The number of hydrogen-bond acceptors (Lipinski definition) is 3. The van der Waals surface area contributed by atoms with Crippen LogP contribution in [0.4, 0.5) is 0 Å². The van der Waals surface area contributed by atoms with Gasteiger partial charge in [-0.15, -0.1) is 6.01 Å². The number of nitriles is 1. The predicted octanol–water partition coefficient (Wildman–Crippen LogP) is 0.138. The lowest BCUT2D eigenvalue weighted by Gasteiger charge is -1.91. The first-order valence-corrected chi connectivity index (χ1v) is 4.00. The molecule has 0 bridgehead atoms. The van der Waals surface area contributed by atoms with E-state index in [9.17, 15) is 0 Å². The van der Waals surface area contributed by atoms with Gasteiger partial charge in [0.1, 0.15) is 6.20 Å². The highest BCUT2D eigenvalue weighted by Gasteiger charge is 1.96. The zero-order valence-electron chi connectivity index (χ0n) is 8.37. The third-order valence-corrected chi connectivity index (χ3v) is 1.19. The number of hydrogen-bond donors (Lipinski definition) is 0. The van der Waals surface area contributed by atoms with E-state index < -0.39 is 0 Å². The highest BCUT2D eigenvalue weighted by Crippen LogP contribution is 1.77. The fourth-order valence-corrected chi connectivity index (χ4v) is 0.665. The molecular weight excluding hydrogens is 194 g/mol. The molecule has 0 aliphatic rings. The van der Waals surface area contributed by atoms with Gasteiger partial charge in [-0.05, 0) is 6.08 Å². The maximum Gasteiger partial charge on any atom is 0.284 e. The summed E-state index contributed by atoms with van der Waals surface area (Å²) in [5.41, 5.74) is 0. The number of imidazole rings is 1. The van der Waals surface area contributed by atoms with Crippen molar-refractivity contribution in [3.05, 3.63) is 36.8 Å². The summed E-state index contributed by atoms with van der Waals surface area (Å²) in [7, 11) is 1.94. The topological polar surface area (TPSA) is 76.5 Å². The van der Waals surface area contributed by atoms with Crippen molar-refractivity contribution >= 4 is 6.01 Å². The summed E-state index contributed by atoms with van der Waals surface area (Å²) in [6, 6.07) is 1.28. The lowest BCUT2D eigenvalue weighted by molar-refractivity contribution is -0.672. The highest BCUT2D eigenvalue weighted by molar-refractivity contribution is 5.46. The van der Waals surface area contributed by atoms with Crippen LogP contribution in [0, 0.1) is 11.5 Å². The maximum atomic E-state index is 7.43. The lowest BCUT2D eigenvalue weighted by atomic mass is 10.7. The van der Waals surface area contributed by atoms with Crippen molar-refractivity contribution < 1.29 is 9.40 Å². The van der Waals surface area contributed by atoms with E-state index in [2.05, 4.69) is 11.6 Å². The Morgan fingerprint density at radius 3 is 2.87 bits per heavy atom. The van der Waals surface area contributed by atoms with Crippen LogP contribution in [0.3, 0.4) is 0 Å². The van der Waals surface area contributed by atoms with E-state index in [4.69, 9.17) is 15.5 Å². The Morgan fingerprint density at radius 1 is 1.80 bits per heavy atom. The van der Waals surface area contributed by atoms with Gasteiger partial charge in [0.05, 0.1) is 13.2 Å². The van der Waals surface area contributed by atoms with Gasteiger partial charge in [0.15, 0.2) is 12.8 Å². The SMILES string of the molecule is C=CCOn1cc[n+](C)c1.N#CN=C=[N-]. The fourth-order valence-electron chi connectivity index (χ4n) is 0.665. The average molecular weight is 205 g/mol. The summed E-state index contributed by atoms with van der Waals surface area (Å²) >= 11 is 0. The molecule has 1 aromatic heterocycles. The molecule has 15 heavy (non-hydrogen) atoms. The first kappa shape index (κ1) is 12.6. The molecule has 0 aromatic carbocycles. The molecule has 1 heterocycles. The fraction of sp³-hybridized carbons (Fsp3) is 0.222. The van der Waals surface area contributed by atoms with Gasteiger partial charge in [-0.25, -0.2) is 4.57 Å². The van der Waals surface area contributed by atoms with E-state index in [1.165, 1.54) is 12.2 Å². The summed E-state index contributed by atoms with van der Waals surface area (Å²) < 4.78 is 3.55. The quantitative estimate of drug-likeness (QED) is 0.304. The van der Waals surface area contributed by atoms with Crippen molar-refractivity contribution in [1.82, 2.24) is 4.73 Å². The van der Waals surface area contributed by atoms with E-state index >= 15 is 0 Å². The van der Waals surface area contributed by atoms with Gasteiger partial charge in [0.25, 0.3) is 6.33 Å². The summed E-state index contributed by atoms with van der Waals surface area (Å²) in [6.07, 6.45) is 8.57. The highest BCUT2D eigenvalue weighted by atomic mass is 16.7. The van der Waals surface area contributed by atoms with Crippen LogP contribution in [0.15, 0.2) is 36.4 Å². The molecule has 1 aromatic rings. The van der Waals surface area contributed by atoms with Crippen molar-refractivity contribution in [3.63, 3.8) is 0 Å². The minimum atomic E-state index is 0.536. The molecule has 0 saturated heterocycles. The Hall–Kier alpha value is -2.38. The van der Waals surface area contributed by atoms with Crippen LogP contribution in [0.1, 0.15) is 0 Å². The van der Waals surface area contributed by atoms with Crippen LogP contribution in [-0.2, 0) is 7.05 Å². The van der Waals surface area contributed by atoms with Gasteiger partial charge in [-0.2, -0.15) is 5.26 Å². The van der Waals surface area contributed by atoms with E-state index in [-0.39, 0.29) is 0 Å². The Kier molecular flexibility index (Phi) is 6.92. The minimum Gasteiger partial charge on any atom is -0.422 e. The van der Waals surface area contributed by atoms with Crippen LogP contribution in [-0.4, -0.2) is 17.3 Å². The molecule has 0 fully saturated rings. The molecule has 0 spiro atoms. The van der Waals surface area contributed by atoms with E-state index in [1.54, 1.807) is 10.8 Å². The molecule has 0 N–H and O–H groups in total. The van der Waals surface area contributed by atoms with E-state index in [0.29, 0.717) is 6.61 Å². The molecule has 78 valence electrons. The molecule has 0 unspecified atom stereocenters. The Balaban J connectivity index is 0.000000336. The number of rotatable bonds is 3. The number of nitrogens with zero attached hydrogens (tertiary/aromatic N) is 5. The third-order valence-electron chi connectivity index (χ3n) is 1.19. The second-order valence-corrected chi connectivity index (χ2v) is 2.34. The summed E-state index contributed by atoms with van der Waals surface area (Å²) in [6.45, 7) is 4.07. The Morgan fingerprint density at radius 2 is 2.53 bits per heavy atom. The lowest BCUT2D eigenvalue weighted by Crippen LogP contribution is -2.24. The van der Waals surface area contributed by atoms with Gasteiger partial charge in [0, 0.05) is 0 Å². The summed E-state index contributed by atoms with van der Waals surface area (Å²) in [5.74, 6) is 0. The van der Waals surface area contributed by atoms with Gasteiger partial charge >= 0.3 is 0 Å². The molecule has 0 amide bonds. The first-order chi connectivity index (χ1) is 7.24. The molecule has 1 rings (SSSR count). The number of aryl methyl sites for hydroxylation is 1. The van der Waals surface area contributed by atoms with Gasteiger partial charge < -0.3 is 15.2 Å². The van der Waals surface area contributed by atoms with E-state index in [1.807, 2.05) is 30.3 Å². The summed E-state index contributed by atoms with van der Waals surface area (Å²) in [4.78, 5) is 7.74. The van der Waals surface area contributed by atoms with Crippen LogP contribution >= 0.6 is 0 Å². The smallest absolute Gasteiger partial charge is 0.284 e. The second-order valence-electron chi connectivity index (χ2n) is 2.34. The zero-order chi connectivity index (χ0) is 11.5. The van der Waals surface area contributed by atoms with Crippen molar-refractivity contribution in [2.24, 2.45) is 12.0 Å². The zero-order valence-corrected chi connectivity index (χ0v) is 8.37. The second kappa shape index (κ2) is 8.23. The Bertz CT molecular complexity index is 383. The van der Waals surface area contributed by atoms with Gasteiger partial charge in [-0.3, -0.25) is 0 Å². The monoisotopic (exact) mass is 205 g/mol. The van der Waals surface area contributed by atoms with Crippen molar-refractivity contribution in [3.8, 4) is 6.19 Å². The van der Waals surface area contributed by atoms with Crippen molar-refractivity contribution in [2.75, 3.05) is 6.61 Å². The van der Waals surface area contributed by atoms with Gasteiger partial charge in [-0.1, -0.05) is 11.3 Å². The molecule has 0 saturated carbocycles. The first-order valence-electron chi connectivity index (χ1n) is 4.00. The van der Waals surface area contributed by atoms with Crippen LogP contribution in [0.5, 0.6) is 0 Å². The predicted molar refractivity (Wildman–Crippen MR) is 53.7 cm³/mol. The standard InChI is InChI=1S/C7H11N2O.C2N3/c1-3-6-10-9-5-4-8(2)7-9;3-1-5-2-4/h3-5,7H,1,6H2,2H3;/q+1;-1. The normalized spacial score (nSPS) is 7.47. The average Bonchev–Trinajstić information content (AvgIpc) is 2.63. The number of aliphatic imine (C=N–C) groups is 1. The summed E-state index contributed by atoms with van der Waals surface area (Å²) in [5, 5.41) is 14.9. The molecule has 0 aliphatic heterocycles. The molecule has 0 radical (unpaired) electrons. The molecule has 0 aliphatic carbocycles. The molecule has 0 atom stereocenters. The molecular formula is C9H11N5O. The molecule has 6 heteroatoms. The maximum absolute atomic E-state index is 7.43. The van der Waals surface area contributed by atoms with E-state index in [0.717, 1.165) is 0 Å². The Labute approximate surface area is 87.8 Å².